The molecule has 0 aliphatic carbocycles. The van der Waals surface area contributed by atoms with Crippen LogP contribution < -0.4 is 10.6 Å². The number of hydrogen-bond donors (Lipinski definition) is 2. The number of piperidine rings is 1. The van der Waals surface area contributed by atoms with Gasteiger partial charge in [0.05, 0.1) is 0 Å². The lowest BCUT2D eigenvalue weighted by Gasteiger charge is -2.32. The van der Waals surface area contributed by atoms with E-state index in [1.54, 1.807) is 0 Å². The third-order valence-electron chi connectivity index (χ3n) is 4.82. The third kappa shape index (κ3) is 6.20. The van der Waals surface area contributed by atoms with Crippen LogP contribution in [0.2, 0.25) is 0 Å². The van der Waals surface area contributed by atoms with Crippen molar-refractivity contribution in [2.75, 3.05) is 26.7 Å². The van der Waals surface area contributed by atoms with E-state index in [0.29, 0.717) is 6.04 Å². The normalized spacial score (nSPS) is 17.4. The van der Waals surface area contributed by atoms with E-state index in [-0.39, 0.29) is 5.41 Å². The lowest BCUT2D eigenvalue weighted by molar-refractivity contribution is 0.225. The van der Waals surface area contributed by atoms with Crippen molar-refractivity contribution in [3.05, 3.63) is 48.0 Å². The smallest absolute Gasteiger partial charge is 0.191 e. The number of guanidine groups is 1. The molecule has 2 N–H and O–H groups in total. The van der Waals surface area contributed by atoms with Crippen molar-refractivity contribution in [2.45, 2.75) is 51.6 Å². The molecule has 25 heavy (non-hydrogen) atoms. The Balaban J connectivity index is 1.80. The van der Waals surface area contributed by atoms with Crippen molar-refractivity contribution in [3.63, 3.8) is 0 Å². The Morgan fingerprint density at radius 2 is 1.88 bits per heavy atom. The number of nitrogens with zero attached hydrogens (tertiary/aromatic N) is 2. The standard InChI is InChI=1S/C21H34N4/c1-6-13-25-14-11-19(12-15-25)24-20(22-5)23-16-17-7-9-18(10-8-17)21(2,3)4/h6-10,19H,1,11-16H2,2-5H3,(H2,22,23,24). The monoisotopic (exact) mass is 342 g/mol. The molecule has 4 nitrogen and oxygen atoms in total. The molecule has 1 fully saturated rings. The first-order valence-corrected chi connectivity index (χ1v) is 9.32. The van der Waals surface area contributed by atoms with E-state index in [4.69, 9.17) is 0 Å². The van der Waals surface area contributed by atoms with Gasteiger partial charge < -0.3 is 10.6 Å². The second kappa shape index (κ2) is 9.04. The van der Waals surface area contributed by atoms with Gasteiger partial charge in [-0.3, -0.25) is 9.89 Å². The first kappa shape index (κ1) is 19.5. The van der Waals surface area contributed by atoms with Gasteiger partial charge in [-0.15, -0.1) is 6.58 Å². The molecule has 0 spiro atoms. The summed E-state index contributed by atoms with van der Waals surface area (Å²) in [5.41, 5.74) is 2.84. The second-order valence-corrected chi connectivity index (χ2v) is 7.88. The summed E-state index contributed by atoms with van der Waals surface area (Å²) >= 11 is 0. The number of nitrogens with one attached hydrogen (secondary N) is 2. The van der Waals surface area contributed by atoms with Crippen LogP contribution in [-0.2, 0) is 12.0 Å². The maximum atomic E-state index is 4.37. The summed E-state index contributed by atoms with van der Waals surface area (Å²) in [4.78, 5) is 6.82. The van der Waals surface area contributed by atoms with Gasteiger partial charge >= 0.3 is 0 Å². The summed E-state index contributed by atoms with van der Waals surface area (Å²) in [6.07, 6.45) is 4.28. The van der Waals surface area contributed by atoms with Gasteiger partial charge in [0.25, 0.3) is 0 Å². The molecule has 0 radical (unpaired) electrons. The van der Waals surface area contributed by atoms with Crippen LogP contribution in [0.15, 0.2) is 41.9 Å². The zero-order chi connectivity index (χ0) is 18.3. The van der Waals surface area contributed by atoms with Crippen molar-refractivity contribution in [2.24, 2.45) is 4.99 Å². The number of hydrogen-bond acceptors (Lipinski definition) is 2. The summed E-state index contributed by atoms with van der Waals surface area (Å²) < 4.78 is 0. The highest BCUT2D eigenvalue weighted by Gasteiger charge is 2.19. The van der Waals surface area contributed by atoms with E-state index < -0.39 is 0 Å². The first-order valence-electron chi connectivity index (χ1n) is 9.32. The highest BCUT2D eigenvalue weighted by Crippen LogP contribution is 2.22. The number of rotatable bonds is 5. The van der Waals surface area contributed by atoms with E-state index in [1.165, 1.54) is 11.1 Å². The van der Waals surface area contributed by atoms with Gasteiger partial charge in [-0.2, -0.15) is 0 Å². The second-order valence-electron chi connectivity index (χ2n) is 7.88. The molecule has 1 aromatic carbocycles. The van der Waals surface area contributed by atoms with Crippen LogP contribution in [0.3, 0.4) is 0 Å². The Hall–Kier alpha value is -1.81. The van der Waals surface area contributed by atoms with Gasteiger partial charge in [-0.05, 0) is 29.4 Å². The third-order valence-corrected chi connectivity index (χ3v) is 4.82. The van der Waals surface area contributed by atoms with E-state index in [9.17, 15) is 0 Å². The summed E-state index contributed by atoms with van der Waals surface area (Å²) in [5, 5.41) is 7.00. The SMILES string of the molecule is C=CCN1CCC(NC(=NC)NCc2ccc(C(C)(C)C)cc2)CC1. The lowest BCUT2D eigenvalue weighted by Crippen LogP contribution is -2.48. The highest BCUT2D eigenvalue weighted by atomic mass is 15.2. The molecule has 1 aliphatic rings. The summed E-state index contributed by atoms with van der Waals surface area (Å²) in [5.74, 6) is 0.891. The minimum absolute atomic E-state index is 0.198. The van der Waals surface area contributed by atoms with Crippen molar-refractivity contribution in [1.82, 2.24) is 15.5 Å². The minimum atomic E-state index is 0.198. The van der Waals surface area contributed by atoms with Gasteiger partial charge in [0, 0.05) is 39.3 Å². The predicted molar refractivity (Wildman–Crippen MR) is 108 cm³/mol. The number of likely N-dealkylation sites (tertiary alicyclic amines) is 1. The average Bonchev–Trinajstić information content (AvgIpc) is 2.60. The lowest BCUT2D eigenvalue weighted by atomic mass is 9.87. The van der Waals surface area contributed by atoms with E-state index in [0.717, 1.165) is 45.0 Å². The fourth-order valence-electron chi connectivity index (χ4n) is 3.14. The zero-order valence-corrected chi connectivity index (χ0v) is 16.3. The fraction of sp³-hybridized carbons (Fsp3) is 0.571. The van der Waals surface area contributed by atoms with Crippen LogP contribution in [0.25, 0.3) is 0 Å². The predicted octanol–water partition coefficient (Wildman–Crippen LogP) is 3.30. The number of benzene rings is 1. The fourth-order valence-corrected chi connectivity index (χ4v) is 3.14. The van der Waals surface area contributed by atoms with Crippen LogP contribution in [0, 0.1) is 0 Å². The van der Waals surface area contributed by atoms with Crippen LogP contribution in [-0.4, -0.2) is 43.6 Å². The van der Waals surface area contributed by atoms with Gasteiger partial charge in [-0.25, -0.2) is 0 Å². The highest BCUT2D eigenvalue weighted by molar-refractivity contribution is 5.79. The van der Waals surface area contributed by atoms with Crippen LogP contribution in [0.5, 0.6) is 0 Å². The Kier molecular flexibility index (Phi) is 7.06. The molecule has 0 bridgehead atoms. The summed E-state index contributed by atoms with van der Waals surface area (Å²) in [6.45, 7) is 14.6. The molecular formula is C21H34N4. The molecule has 1 aromatic rings. The Bertz CT molecular complexity index is 561. The van der Waals surface area contributed by atoms with Crippen LogP contribution in [0.1, 0.15) is 44.7 Å². The average molecular weight is 343 g/mol. The Morgan fingerprint density at radius 1 is 1.24 bits per heavy atom. The minimum Gasteiger partial charge on any atom is -0.354 e. The van der Waals surface area contributed by atoms with Crippen molar-refractivity contribution in [1.29, 1.82) is 0 Å². The molecule has 1 heterocycles. The first-order chi connectivity index (χ1) is 11.9. The van der Waals surface area contributed by atoms with Crippen molar-refractivity contribution in [3.8, 4) is 0 Å². The maximum Gasteiger partial charge on any atom is 0.191 e. The number of aliphatic imine (C=N–C) groups is 1. The largest absolute Gasteiger partial charge is 0.354 e. The Morgan fingerprint density at radius 3 is 2.40 bits per heavy atom. The van der Waals surface area contributed by atoms with Crippen molar-refractivity contribution < 1.29 is 0 Å². The van der Waals surface area contributed by atoms with Crippen LogP contribution in [0.4, 0.5) is 0 Å². The quantitative estimate of drug-likeness (QED) is 0.490. The van der Waals surface area contributed by atoms with Gasteiger partial charge in [0.2, 0.25) is 0 Å². The van der Waals surface area contributed by atoms with Crippen molar-refractivity contribution >= 4 is 5.96 Å². The molecule has 0 aromatic heterocycles. The molecule has 0 amide bonds. The van der Waals surface area contributed by atoms with Gasteiger partial charge in [0.1, 0.15) is 0 Å². The molecule has 4 heteroatoms. The molecule has 1 aliphatic heterocycles. The zero-order valence-electron chi connectivity index (χ0n) is 16.3. The van der Waals surface area contributed by atoms with Gasteiger partial charge in [-0.1, -0.05) is 51.1 Å². The molecule has 0 unspecified atom stereocenters. The summed E-state index contributed by atoms with van der Waals surface area (Å²) in [6, 6.07) is 9.35. The topological polar surface area (TPSA) is 39.7 Å². The molecular weight excluding hydrogens is 308 g/mol. The molecule has 138 valence electrons. The van der Waals surface area contributed by atoms with E-state index >= 15 is 0 Å². The molecule has 2 rings (SSSR count). The van der Waals surface area contributed by atoms with E-state index in [2.05, 4.69) is 72.1 Å². The molecule has 0 atom stereocenters. The molecule has 0 saturated carbocycles. The molecule has 1 saturated heterocycles. The Labute approximate surface area is 153 Å². The van der Waals surface area contributed by atoms with E-state index in [1.807, 2.05) is 13.1 Å². The summed E-state index contributed by atoms with van der Waals surface area (Å²) in [7, 11) is 1.84. The van der Waals surface area contributed by atoms with Gasteiger partial charge in [0.15, 0.2) is 5.96 Å². The maximum absolute atomic E-state index is 4.37. The van der Waals surface area contributed by atoms with Crippen LogP contribution >= 0.6 is 0 Å².